The Labute approximate surface area is 160 Å². The zero-order valence-corrected chi connectivity index (χ0v) is 16.5. The molecular formula is C19H22N2O4S2. The van der Waals surface area contributed by atoms with Crippen molar-refractivity contribution in [3.05, 3.63) is 54.1 Å². The maximum atomic E-state index is 13.2. The average molecular weight is 407 g/mol. The van der Waals surface area contributed by atoms with E-state index >= 15 is 0 Å². The minimum absolute atomic E-state index is 0.137. The van der Waals surface area contributed by atoms with Crippen molar-refractivity contribution in [1.82, 2.24) is 0 Å². The molecule has 6 nitrogen and oxygen atoms in total. The molecule has 2 aliphatic rings. The summed E-state index contributed by atoms with van der Waals surface area (Å²) in [5, 5.41) is 0. The molecule has 0 N–H and O–H groups in total. The Morgan fingerprint density at radius 2 is 1.59 bits per heavy atom. The molecule has 8 heteroatoms. The van der Waals surface area contributed by atoms with Gasteiger partial charge in [0.15, 0.2) is 0 Å². The first-order chi connectivity index (χ1) is 12.9. The van der Waals surface area contributed by atoms with Crippen LogP contribution in [-0.2, 0) is 26.5 Å². The van der Waals surface area contributed by atoms with E-state index < -0.39 is 20.0 Å². The normalized spacial score (nSPS) is 19.6. The molecule has 0 unspecified atom stereocenters. The quantitative estimate of drug-likeness (QED) is 0.786. The highest BCUT2D eigenvalue weighted by Crippen LogP contribution is 2.32. The highest BCUT2D eigenvalue weighted by Gasteiger charge is 2.30. The van der Waals surface area contributed by atoms with E-state index in [0.29, 0.717) is 25.2 Å². The Kier molecular flexibility index (Phi) is 4.63. The van der Waals surface area contributed by atoms with Crippen LogP contribution < -0.4 is 8.61 Å². The number of para-hydroxylation sites is 1. The molecule has 2 aromatic carbocycles. The molecule has 1 fully saturated rings. The van der Waals surface area contributed by atoms with Gasteiger partial charge in [0.2, 0.25) is 10.0 Å². The summed E-state index contributed by atoms with van der Waals surface area (Å²) in [6, 6.07) is 13.7. The molecule has 4 rings (SSSR count). The van der Waals surface area contributed by atoms with E-state index in [0.717, 1.165) is 30.5 Å². The third-order valence-corrected chi connectivity index (χ3v) is 8.83. The van der Waals surface area contributed by atoms with Crippen molar-refractivity contribution >= 4 is 31.4 Å². The predicted octanol–water partition coefficient (Wildman–Crippen LogP) is 2.76. The zero-order chi connectivity index (χ0) is 19.1. The van der Waals surface area contributed by atoms with E-state index in [1.165, 1.54) is 20.7 Å². The first kappa shape index (κ1) is 18.3. The van der Waals surface area contributed by atoms with Gasteiger partial charge in [-0.3, -0.25) is 8.61 Å². The van der Waals surface area contributed by atoms with Crippen molar-refractivity contribution in [2.45, 2.75) is 30.6 Å². The number of anilines is 2. The lowest BCUT2D eigenvalue weighted by molar-refractivity contribution is 0.574. The molecule has 0 amide bonds. The first-order valence-electron chi connectivity index (χ1n) is 9.11. The van der Waals surface area contributed by atoms with Crippen molar-refractivity contribution in [2.24, 2.45) is 0 Å². The molecule has 1 saturated heterocycles. The van der Waals surface area contributed by atoms with Crippen molar-refractivity contribution in [1.29, 1.82) is 0 Å². The lowest BCUT2D eigenvalue weighted by atomic mass is 10.0. The Morgan fingerprint density at radius 3 is 2.33 bits per heavy atom. The Hall–Kier alpha value is -2.06. The van der Waals surface area contributed by atoms with Crippen LogP contribution in [0.25, 0.3) is 0 Å². The predicted molar refractivity (Wildman–Crippen MR) is 106 cm³/mol. The van der Waals surface area contributed by atoms with Gasteiger partial charge in [-0.1, -0.05) is 18.2 Å². The molecular weight excluding hydrogens is 384 g/mol. The van der Waals surface area contributed by atoms with Gasteiger partial charge in [0.1, 0.15) is 0 Å². The second-order valence-corrected chi connectivity index (χ2v) is 10.8. The molecule has 0 radical (unpaired) electrons. The van der Waals surface area contributed by atoms with Gasteiger partial charge in [0.25, 0.3) is 10.0 Å². The molecule has 0 aliphatic carbocycles. The summed E-state index contributed by atoms with van der Waals surface area (Å²) in [5.41, 5.74) is 2.28. The maximum absolute atomic E-state index is 13.2. The summed E-state index contributed by atoms with van der Waals surface area (Å²) in [5.74, 6) is 0.137. The molecule has 2 aromatic rings. The van der Waals surface area contributed by atoms with E-state index in [4.69, 9.17) is 0 Å². The van der Waals surface area contributed by atoms with Gasteiger partial charge in [-0.2, -0.15) is 0 Å². The zero-order valence-electron chi connectivity index (χ0n) is 14.9. The highest BCUT2D eigenvalue weighted by molar-refractivity contribution is 7.93. The second kappa shape index (κ2) is 6.83. The molecule has 2 heterocycles. The summed E-state index contributed by atoms with van der Waals surface area (Å²) in [7, 11) is -7.00. The topological polar surface area (TPSA) is 74.8 Å². The second-order valence-electron chi connectivity index (χ2n) is 6.90. The third kappa shape index (κ3) is 3.32. The molecule has 0 atom stereocenters. The first-order valence-corrected chi connectivity index (χ1v) is 12.2. The molecule has 27 heavy (non-hydrogen) atoms. The van der Waals surface area contributed by atoms with Crippen molar-refractivity contribution in [3.8, 4) is 0 Å². The molecule has 2 aliphatic heterocycles. The number of hydrogen-bond acceptors (Lipinski definition) is 4. The Balaban J connectivity index is 1.66. The summed E-state index contributed by atoms with van der Waals surface area (Å²) in [6.45, 7) is 0.884. The lowest BCUT2D eigenvalue weighted by Gasteiger charge is -2.31. The molecule has 144 valence electrons. The van der Waals surface area contributed by atoms with Crippen LogP contribution in [0.1, 0.15) is 24.8 Å². The van der Waals surface area contributed by atoms with Crippen LogP contribution in [0.2, 0.25) is 0 Å². The van der Waals surface area contributed by atoms with Gasteiger partial charge >= 0.3 is 0 Å². The number of hydrogen-bond donors (Lipinski definition) is 0. The van der Waals surface area contributed by atoms with E-state index in [2.05, 4.69) is 0 Å². The van der Waals surface area contributed by atoms with Gasteiger partial charge in [-0.25, -0.2) is 16.8 Å². The fourth-order valence-corrected chi connectivity index (χ4v) is 6.92. The number of benzene rings is 2. The minimum atomic E-state index is -3.69. The van der Waals surface area contributed by atoms with Gasteiger partial charge in [0.05, 0.1) is 22.0 Å². The standard InChI is InChI=1S/C19H22N2O4S2/c22-26(23)15-4-3-13-20(26)17-9-11-18(12-10-17)27(24,25)21-14-5-7-16-6-1-2-8-19(16)21/h1-2,6,8-12H,3-5,7,13-15H2. The SMILES string of the molecule is O=S1(=O)CCCCN1c1ccc(S(=O)(=O)N2CCCc3ccccc32)cc1. The van der Waals surface area contributed by atoms with Crippen LogP contribution in [0.4, 0.5) is 11.4 Å². The van der Waals surface area contributed by atoms with Gasteiger partial charge in [0, 0.05) is 13.1 Å². The third-order valence-electron chi connectivity index (χ3n) is 5.13. The van der Waals surface area contributed by atoms with Crippen LogP contribution in [0.3, 0.4) is 0 Å². The number of sulfonamides is 2. The van der Waals surface area contributed by atoms with E-state index in [-0.39, 0.29) is 10.6 Å². The Morgan fingerprint density at radius 1 is 0.852 bits per heavy atom. The monoisotopic (exact) mass is 406 g/mol. The average Bonchev–Trinajstić information content (AvgIpc) is 2.67. The van der Waals surface area contributed by atoms with Crippen molar-refractivity contribution < 1.29 is 16.8 Å². The summed E-state index contributed by atoms with van der Waals surface area (Å²) < 4.78 is 53.6. The van der Waals surface area contributed by atoms with Crippen molar-refractivity contribution in [2.75, 3.05) is 27.5 Å². The number of nitrogens with zero attached hydrogens (tertiary/aromatic N) is 2. The summed E-state index contributed by atoms with van der Waals surface area (Å²) in [4.78, 5) is 0.178. The molecule has 0 aromatic heterocycles. The van der Waals surface area contributed by atoms with E-state index in [9.17, 15) is 16.8 Å². The molecule has 0 bridgehead atoms. The number of rotatable bonds is 3. The molecule has 0 saturated carbocycles. The summed E-state index contributed by atoms with van der Waals surface area (Å²) >= 11 is 0. The van der Waals surface area contributed by atoms with E-state index in [1.54, 1.807) is 12.1 Å². The van der Waals surface area contributed by atoms with Crippen LogP contribution in [0, 0.1) is 0 Å². The van der Waals surface area contributed by atoms with Gasteiger partial charge < -0.3 is 0 Å². The van der Waals surface area contributed by atoms with Gasteiger partial charge in [-0.05, 0) is 61.6 Å². The lowest BCUT2D eigenvalue weighted by Crippen LogP contribution is -2.38. The van der Waals surface area contributed by atoms with Crippen LogP contribution in [0.15, 0.2) is 53.4 Å². The van der Waals surface area contributed by atoms with Crippen LogP contribution in [0.5, 0.6) is 0 Å². The number of aryl methyl sites for hydroxylation is 1. The van der Waals surface area contributed by atoms with Crippen LogP contribution in [-0.4, -0.2) is 35.7 Å². The fourth-order valence-electron chi connectivity index (χ4n) is 3.74. The maximum Gasteiger partial charge on any atom is 0.264 e. The highest BCUT2D eigenvalue weighted by atomic mass is 32.2. The van der Waals surface area contributed by atoms with Crippen molar-refractivity contribution in [3.63, 3.8) is 0 Å². The van der Waals surface area contributed by atoms with E-state index in [1.807, 2.05) is 24.3 Å². The van der Waals surface area contributed by atoms with Gasteiger partial charge in [-0.15, -0.1) is 0 Å². The molecule has 0 spiro atoms. The fraction of sp³-hybridized carbons (Fsp3) is 0.368. The Bertz CT molecular complexity index is 1050. The van der Waals surface area contributed by atoms with Crippen LogP contribution >= 0.6 is 0 Å². The summed E-state index contributed by atoms with van der Waals surface area (Å²) in [6.07, 6.45) is 3.12. The smallest absolute Gasteiger partial charge is 0.264 e. The largest absolute Gasteiger partial charge is 0.270 e. The number of fused-ring (bicyclic) bond motifs is 1. The minimum Gasteiger partial charge on any atom is -0.270 e.